The number of amides is 1. The number of benzene rings is 1. The highest BCUT2D eigenvalue weighted by Crippen LogP contribution is 2.31. The van der Waals surface area contributed by atoms with Gasteiger partial charge >= 0.3 is 0 Å². The van der Waals surface area contributed by atoms with Crippen molar-refractivity contribution in [3.8, 4) is 0 Å². The van der Waals surface area contributed by atoms with Crippen LogP contribution in [-0.2, 0) is 9.53 Å². The largest absolute Gasteiger partial charge is 0.381 e. The molecule has 5 heteroatoms. The van der Waals surface area contributed by atoms with E-state index in [1.807, 2.05) is 24.3 Å². The Bertz CT molecular complexity index is 419. The van der Waals surface area contributed by atoms with E-state index in [2.05, 4.69) is 5.32 Å². The van der Waals surface area contributed by atoms with Crippen molar-refractivity contribution >= 4 is 23.4 Å². The quantitative estimate of drug-likeness (QED) is 0.771. The van der Waals surface area contributed by atoms with Gasteiger partial charge in [-0.25, -0.2) is 0 Å². The Kier molecular flexibility index (Phi) is 4.49. The third-order valence-corrected chi connectivity index (χ3v) is 4.14. The molecule has 3 N–H and O–H groups in total. The van der Waals surface area contributed by atoms with E-state index in [0.717, 1.165) is 23.4 Å². The Morgan fingerprint density at radius 3 is 2.89 bits per heavy atom. The second-order valence-electron chi connectivity index (χ2n) is 4.42. The fraction of sp³-hybridized carbons (Fsp3) is 0.462. The molecule has 0 saturated heterocycles. The van der Waals surface area contributed by atoms with Gasteiger partial charge in [0.2, 0.25) is 5.91 Å². The number of thioether (sulfide) groups is 1. The average molecular weight is 266 g/mol. The minimum atomic E-state index is -0.294. The van der Waals surface area contributed by atoms with Gasteiger partial charge in [0.15, 0.2) is 0 Å². The van der Waals surface area contributed by atoms with Gasteiger partial charge in [-0.3, -0.25) is 4.79 Å². The number of nitrogens with one attached hydrogen (secondary N) is 1. The van der Waals surface area contributed by atoms with E-state index in [1.165, 1.54) is 11.8 Å². The minimum Gasteiger partial charge on any atom is -0.381 e. The Morgan fingerprint density at radius 2 is 2.22 bits per heavy atom. The molecule has 18 heavy (non-hydrogen) atoms. The summed E-state index contributed by atoms with van der Waals surface area (Å²) in [6.45, 7) is 0. The van der Waals surface area contributed by atoms with Gasteiger partial charge in [0, 0.05) is 23.7 Å². The van der Waals surface area contributed by atoms with E-state index in [0.29, 0.717) is 17.9 Å². The van der Waals surface area contributed by atoms with Crippen molar-refractivity contribution in [2.24, 2.45) is 5.73 Å². The van der Waals surface area contributed by atoms with Crippen molar-refractivity contribution in [3.05, 3.63) is 24.3 Å². The Balaban J connectivity index is 1.93. The third kappa shape index (κ3) is 3.40. The maximum atomic E-state index is 10.8. The molecule has 0 bridgehead atoms. The van der Waals surface area contributed by atoms with Gasteiger partial charge in [-0.1, -0.05) is 12.1 Å². The second kappa shape index (κ2) is 6.11. The van der Waals surface area contributed by atoms with E-state index in [1.54, 1.807) is 7.11 Å². The second-order valence-corrected chi connectivity index (χ2v) is 5.44. The number of methoxy groups -OCH3 is 1. The van der Waals surface area contributed by atoms with E-state index in [9.17, 15) is 4.79 Å². The van der Waals surface area contributed by atoms with Crippen LogP contribution < -0.4 is 11.1 Å². The highest BCUT2D eigenvalue weighted by Gasteiger charge is 2.29. The normalized spacial score (nSPS) is 22.3. The van der Waals surface area contributed by atoms with Crippen LogP contribution in [0.25, 0.3) is 0 Å². The van der Waals surface area contributed by atoms with Crippen LogP contribution in [0.4, 0.5) is 5.69 Å². The molecule has 98 valence electrons. The molecule has 1 aliphatic rings. The lowest BCUT2D eigenvalue weighted by Gasteiger charge is -2.35. The summed E-state index contributed by atoms with van der Waals surface area (Å²) in [7, 11) is 1.75. The molecule has 1 fully saturated rings. The van der Waals surface area contributed by atoms with Crippen LogP contribution in [-0.4, -0.2) is 30.9 Å². The zero-order valence-electron chi connectivity index (χ0n) is 10.4. The molecule has 1 amide bonds. The van der Waals surface area contributed by atoms with Crippen LogP contribution >= 0.6 is 11.8 Å². The van der Waals surface area contributed by atoms with Gasteiger partial charge in [0.1, 0.15) is 0 Å². The Labute approximate surface area is 111 Å². The number of para-hydroxylation sites is 1. The summed E-state index contributed by atoms with van der Waals surface area (Å²) >= 11 is 1.47. The Hall–Kier alpha value is -1.20. The molecule has 0 heterocycles. The molecule has 0 spiro atoms. The molecular weight excluding hydrogens is 248 g/mol. The molecule has 1 aliphatic carbocycles. The topological polar surface area (TPSA) is 64.3 Å². The fourth-order valence-electron chi connectivity index (χ4n) is 1.96. The maximum Gasteiger partial charge on any atom is 0.227 e. The molecule has 1 aromatic carbocycles. The number of carbonyl (C=O) groups excluding carboxylic acids is 1. The summed E-state index contributed by atoms with van der Waals surface area (Å²) in [4.78, 5) is 11.9. The maximum absolute atomic E-state index is 10.8. The molecular formula is C13H18N2O2S. The minimum absolute atomic E-state index is 0.294. The molecule has 0 unspecified atom stereocenters. The standard InChI is InChI=1S/C13H18N2O2S/c1-17-10-6-9(7-10)15-11-4-2-3-5-12(11)18-8-13(14)16/h2-5,9-10,15H,6-8H2,1H3,(H2,14,16). The first-order valence-electron chi connectivity index (χ1n) is 5.98. The van der Waals surface area contributed by atoms with Crippen LogP contribution in [0.5, 0.6) is 0 Å². The first-order chi connectivity index (χ1) is 8.69. The van der Waals surface area contributed by atoms with Crippen molar-refractivity contribution < 1.29 is 9.53 Å². The predicted octanol–water partition coefficient (Wildman–Crippen LogP) is 1.85. The number of hydrogen-bond acceptors (Lipinski definition) is 4. The number of ether oxygens (including phenoxy) is 1. The third-order valence-electron chi connectivity index (χ3n) is 3.04. The van der Waals surface area contributed by atoms with Crippen LogP contribution in [0, 0.1) is 0 Å². The number of rotatable bonds is 6. The van der Waals surface area contributed by atoms with E-state index >= 15 is 0 Å². The summed E-state index contributed by atoms with van der Waals surface area (Å²) < 4.78 is 5.26. The molecule has 0 aromatic heterocycles. The zero-order chi connectivity index (χ0) is 13.0. The van der Waals surface area contributed by atoms with Gasteiger partial charge in [0.05, 0.1) is 11.9 Å². The monoisotopic (exact) mass is 266 g/mol. The molecule has 1 aromatic rings. The fourth-order valence-corrected chi connectivity index (χ4v) is 2.71. The van der Waals surface area contributed by atoms with Crippen molar-refractivity contribution in [1.29, 1.82) is 0 Å². The smallest absolute Gasteiger partial charge is 0.227 e. The van der Waals surface area contributed by atoms with Gasteiger partial charge in [-0.2, -0.15) is 0 Å². The van der Waals surface area contributed by atoms with Crippen molar-refractivity contribution in [3.63, 3.8) is 0 Å². The van der Waals surface area contributed by atoms with E-state index in [-0.39, 0.29) is 5.91 Å². The SMILES string of the molecule is COC1CC(Nc2ccccc2SCC(N)=O)C1. The van der Waals surface area contributed by atoms with Crippen LogP contribution in [0.2, 0.25) is 0 Å². The lowest BCUT2D eigenvalue weighted by molar-refractivity contribution is -0.115. The summed E-state index contributed by atoms with van der Waals surface area (Å²) in [6, 6.07) is 8.45. The van der Waals surface area contributed by atoms with Gasteiger partial charge in [-0.05, 0) is 25.0 Å². The number of carbonyl (C=O) groups is 1. The van der Waals surface area contributed by atoms with Crippen molar-refractivity contribution in [1.82, 2.24) is 0 Å². The summed E-state index contributed by atoms with van der Waals surface area (Å²) in [5, 5.41) is 3.48. The van der Waals surface area contributed by atoms with Crippen molar-refractivity contribution in [2.75, 3.05) is 18.2 Å². The zero-order valence-corrected chi connectivity index (χ0v) is 11.2. The average Bonchev–Trinajstić information content (AvgIpc) is 2.31. The Morgan fingerprint density at radius 1 is 1.50 bits per heavy atom. The lowest BCUT2D eigenvalue weighted by Crippen LogP contribution is -2.40. The molecule has 2 rings (SSSR count). The number of nitrogens with two attached hydrogens (primary N) is 1. The number of hydrogen-bond donors (Lipinski definition) is 2. The summed E-state index contributed by atoms with van der Waals surface area (Å²) in [5.74, 6) is 0.0160. The lowest BCUT2D eigenvalue weighted by atomic mass is 9.89. The molecule has 0 atom stereocenters. The number of primary amides is 1. The highest BCUT2D eigenvalue weighted by molar-refractivity contribution is 8.00. The first-order valence-corrected chi connectivity index (χ1v) is 6.97. The van der Waals surface area contributed by atoms with Gasteiger partial charge < -0.3 is 15.8 Å². The molecule has 0 radical (unpaired) electrons. The van der Waals surface area contributed by atoms with Crippen LogP contribution in [0.1, 0.15) is 12.8 Å². The van der Waals surface area contributed by atoms with Gasteiger partial charge in [0.25, 0.3) is 0 Å². The van der Waals surface area contributed by atoms with Crippen LogP contribution in [0.3, 0.4) is 0 Å². The van der Waals surface area contributed by atoms with E-state index < -0.39 is 0 Å². The van der Waals surface area contributed by atoms with Gasteiger partial charge in [-0.15, -0.1) is 11.8 Å². The highest BCUT2D eigenvalue weighted by atomic mass is 32.2. The molecule has 1 saturated carbocycles. The summed E-state index contributed by atoms with van der Waals surface area (Å²) in [6.07, 6.45) is 2.45. The molecule has 4 nitrogen and oxygen atoms in total. The van der Waals surface area contributed by atoms with Crippen molar-refractivity contribution in [2.45, 2.75) is 29.9 Å². The number of anilines is 1. The van der Waals surface area contributed by atoms with Crippen LogP contribution in [0.15, 0.2) is 29.2 Å². The summed E-state index contributed by atoms with van der Waals surface area (Å²) in [5.41, 5.74) is 6.24. The molecule has 0 aliphatic heterocycles. The predicted molar refractivity (Wildman–Crippen MR) is 73.8 cm³/mol. The first kappa shape index (κ1) is 13.2. The van der Waals surface area contributed by atoms with E-state index in [4.69, 9.17) is 10.5 Å².